The van der Waals surface area contributed by atoms with Gasteiger partial charge in [0, 0.05) is 11.3 Å². The van der Waals surface area contributed by atoms with E-state index in [1.54, 1.807) is 0 Å². The minimum atomic E-state index is 0.370. The summed E-state index contributed by atoms with van der Waals surface area (Å²) in [6.07, 6.45) is 6.12. The highest BCUT2D eigenvalue weighted by Gasteiger charge is 2.37. The van der Waals surface area contributed by atoms with Crippen molar-refractivity contribution in [1.29, 1.82) is 0 Å². The van der Waals surface area contributed by atoms with E-state index in [4.69, 9.17) is 17.0 Å². The number of thioether (sulfide) groups is 1. The predicted molar refractivity (Wildman–Crippen MR) is 88.4 cm³/mol. The molecule has 0 aliphatic heterocycles. The molecule has 0 radical (unpaired) electrons. The molecule has 1 heterocycles. The fourth-order valence-corrected chi connectivity index (χ4v) is 4.09. The van der Waals surface area contributed by atoms with Gasteiger partial charge in [-0.1, -0.05) is 12.5 Å². The van der Waals surface area contributed by atoms with Gasteiger partial charge in [-0.15, -0.1) is 0 Å². The van der Waals surface area contributed by atoms with Gasteiger partial charge in [-0.2, -0.15) is 11.8 Å². The molecule has 1 aliphatic rings. The van der Waals surface area contributed by atoms with Gasteiger partial charge in [-0.25, -0.2) is 0 Å². The monoisotopic (exact) mass is 308 g/mol. The summed E-state index contributed by atoms with van der Waals surface area (Å²) in [5.41, 5.74) is 2.18. The zero-order chi connectivity index (χ0) is 14.2. The van der Waals surface area contributed by atoms with Crippen LogP contribution in [0.25, 0.3) is 11.0 Å². The Bertz CT molecular complexity index is 665. The first-order chi connectivity index (χ1) is 9.69. The van der Waals surface area contributed by atoms with Crippen molar-refractivity contribution in [3.63, 3.8) is 0 Å². The van der Waals surface area contributed by atoms with Gasteiger partial charge in [0.15, 0.2) is 4.77 Å². The minimum Gasteiger partial charge on any atom is -0.492 e. The summed E-state index contributed by atoms with van der Waals surface area (Å²) in [6, 6.07) is 6.16. The van der Waals surface area contributed by atoms with Crippen LogP contribution in [0.4, 0.5) is 0 Å². The van der Waals surface area contributed by atoms with Crippen molar-refractivity contribution in [2.24, 2.45) is 0 Å². The van der Waals surface area contributed by atoms with Crippen LogP contribution in [-0.2, 0) is 6.54 Å². The van der Waals surface area contributed by atoms with Crippen LogP contribution in [0.5, 0.6) is 5.75 Å². The molecule has 0 bridgehead atoms. The first-order valence-corrected chi connectivity index (χ1v) is 8.72. The molecule has 0 unspecified atom stereocenters. The summed E-state index contributed by atoms with van der Waals surface area (Å²) in [7, 11) is 0. The summed E-state index contributed by atoms with van der Waals surface area (Å²) >= 11 is 7.50. The largest absolute Gasteiger partial charge is 0.492 e. The molecule has 0 spiro atoms. The van der Waals surface area contributed by atoms with Gasteiger partial charge in [0.25, 0.3) is 0 Å². The van der Waals surface area contributed by atoms with E-state index >= 15 is 0 Å². The fraction of sp³-hybridized carbons (Fsp3) is 0.533. The quantitative estimate of drug-likeness (QED) is 0.831. The van der Waals surface area contributed by atoms with E-state index in [0.717, 1.165) is 28.1 Å². The molecule has 3 rings (SSSR count). The topological polar surface area (TPSA) is 29.9 Å². The number of benzene rings is 1. The molecule has 3 nitrogen and oxygen atoms in total. The lowest BCUT2D eigenvalue weighted by Crippen LogP contribution is -2.37. The number of hydrogen-bond acceptors (Lipinski definition) is 3. The molecule has 5 heteroatoms. The van der Waals surface area contributed by atoms with Crippen molar-refractivity contribution >= 4 is 35.0 Å². The summed E-state index contributed by atoms with van der Waals surface area (Å²) < 4.78 is 9.10. The molecule has 1 fully saturated rings. The van der Waals surface area contributed by atoms with E-state index in [1.165, 1.54) is 19.3 Å². The molecule has 20 heavy (non-hydrogen) atoms. The Morgan fingerprint density at radius 1 is 1.45 bits per heavy atom. The van der Waals surface area contributed by atoms with Crippen LogP contribution in [-0.4, -0.2) is 27.2 Å². The van der Waals surface area contributed by atoms with Crippen LogP contribution in [0.15, 0.2) is 18.2 Å². The van der Waals surface area contributed by atoms with E-state index in [0.29, 0.717) is 11.4 Å². The molecule has 1 aliphatic carbocycles. The molecule has 0 amide bonds. The summed E-state index contributed by atoms with van der Waals surface area (Å²) in [5.74, 6) is 0.890. The highest BCUT2D eigenvalue weighted by Crippen LogP contribution is 2.44. The molecule has 1 aromatic heterocycles. The second-order valence-corrected chi connectivity index (χ2v) is 7.00. The second kappa shape index (κ2) is 5.45. The number of para-hydroxylation sites is 1. The summed E-state index contributed by atoms with van der Waals surface area (Å²) in [5, 5.41) is 0. The van der Waals surface area contributed by atoms with E-state index in [9.17, 15) is 0 Å². The number of ether oxygens (including phenoxy) is 1. The third kappa shape index (κ3) is 2.27. The van der Waals surface area contributed by atoms with Gasteiger partial charge in [0.1, 0.15) is 11.3 Å². The van der Waals surface area contributed by atoms with Gasteiger partial charge in [0.05, 0.1) is 12.1 Å². The smallest absolute Gasteiger partial charge is 0.178 e. The van der Waals surface area contributed by atoms with Crippen molar-refractivity contribution in [1.82, 2.24) is 9.55 Å². The number of imidazole rings is 1. The summed E-state index contributed by atoms with van der Waals surface area (Å²) in [4.78, 5) is 3.32. The van der Waals surface area contributed by atoms with Gasteiger partial charge >= 0.3 is 0 Å². The van der Waals surface area contributed by atoms with Gasteiger partial charge in [-0.3, -0.25) is 0 Å². The van der Waals surface area contributed by atoms with Gasteiger partial charge in [0.2, 0.25) is 0 Å². The van der Waals surface area contributed by atoms with Crippen molar-refractivity contribution in [2.75, 3.05) is 12.9 Å². The maximum atomic E-state index is 5.69. The zero-order valence-corrected chi connectivity index (χ0v) is 13.6. The molecule has 1 N–H and O–H groups in total. The Morgan fingerprint density at radius 3 is 2.85 bits per heavy atom. The maximum absolute atomic E-state index is 5.69. The normalized spacial score (nSPS) is 17.1. The first-order valence-electron chi connectivity index (χ1n) is 7.08. The second-order valence-electron chi connectivity index (χ2n) is 5.34. The molecular formula is C15H20N2OS2. The van der Waals surface area contributed by atoms with E-state index in [2.05, 4.69) is 21.9 Å². The SMILES string of the molecule is CCOc1cccc2c1[nH]c(=S)n2CC1(SC)CCC1. The average molecular weight is 308 g/mol. The lowest BCUT2D eigenvalue weighted by atomic mass is 9.84. The molecule has 1 saturated carbocycles. The lowest BCUT2D eigenvalue weighted by Gasteiger charge is -2.40. The van der Waals surface area contributed by atoms with Crippen LogP contribution in [0.1, 0.15) is 26.2 Å². The van der Waals surface area contributed by atoms with Gasteiger partial charge < -0.3 is 14.3 Å². The highest BCUT2D eigenvalue weighted by atomic mass is 32.2. The highest BCUT2D eigenvalue weighted by molar-refractivity contribution is 8.00. The maximum Gasteiger partial charge on any atom is 0.178 e. The summed E-state index contributed by atoms with van der Waals surface area (Å²) in [6.45, 7) is 3.66. The average Bonchev–Trinajstić information content (AvgIpc) is 2.72. The van der Waals surface area contributed by atoms with Crippen LogP contribution in [0, 0.1) is 4.77 Å². The zero-order valence-electron chi connectivity index (χ0n) is 11.9. The molecular weight excluding hydrogens is 288 g/mol. The third-order valence-corrected chi connectivity index (χ3v) is 5.94. The number of rotatable bonds is 5. The fourth-order valence-electron chi connectivity index (χ4n) is 2.87. The third-order valence-electron chi connectivity index (χ3n) is 4.22. The molecule has 0 saturated heterocycles. The minimum absolute atomic E-state index is 0.370. The van der Waals surface area contributed by atoms with E-state index in [-0.39, 0.29) is 0 Å². The van der Waals surface area contributed by atoms with Crippen molar-refractivity contribution in [2.45, 2.75) is 37.5 Å². The van der Waals surface area contributed by atoms with Crippen molar-refractivity contribution in [3.05, 3.63) is 23.0 Å². The molecule has 108 valence electrons. The Morgan fingerprint density at radius 2 is 2.25 bits per heavy atom. The van der Waals surface area contributed by atoms with Gasteiger partial charge in [-0.05, 0) is 50.4 Å². The number of aromatic amines is 1. The number of nitrogens with one attached hydrogen (secondary N) is 1. The number of nitrogens with zero attached hydrogens (tertiary/aromatic N) is 1. The Kier molecular flexibility index (Phi) is 3.82. The van der Waals surface area contributed by atoms with Crippen LogP contribution >= 0.6 is 24.0 Å². The molecule has 1 aromatic carbocycles. The Hall–Kier alpha value is -0.940. The Labute approximate surface area is 128 Å². The first kappa shape index (κ1) is 14.0. The lowest BCUT2D eigenvalue weighted by molar-refractivity contribution is 0.323. The van der Waals surface area contributed by atoms with E-state index in [1.807, 2.05) is 30.8 Å². The Balaban J connectivity index is 2.05. The number of H-pyrrole nitrogens is 1. The standard InChI is InChI=1S/C15H20N2OS2/c1-3-18-12-7-4-6-11-13(12)16-14(19)17(11)10-15(20-2)8-5-9-15/h4,6-7H,3,5,8-10H2,1-2H3,(H,16,19). The molecule has 2 aromatic rings. The van der Waals surface area contributed by atoms with Crippen molar-refractivity contribution < 1.29 is 4.74 Å². The van der Waals surface area contributed by atoms with Crippen LogP contribution < -0.4 is 4.74 Å². The van der Waals surface area contributed by atoms with Crippen LogP contribution in [0.3, 0.4) is 0 Å². The number of hydrogen-bond donors (Lipinski definition) is 1. The van der Waals surface area contributed by atoms with Crippen LogP contribution in [0.2, 0.25) is 0 Å². The predicted octanol–water partition coefficient (Wildman–Crippen LogP) is 4.38. The van der Waals surface area contributed by atoms with Crippen molar-refractivity contribution in [3.8, 4) is 5.75 Å². The molecule has 0 atom stereocenters. The number of aromatic nitrogens is 2. The number of fused-ring (bicyclic) bond motifs is 1. The van der Waals surface area contributed by atoms with E-state index < -0.39 is 0 Å².